The summed E-state index contributed by atoms with van der Waals surface area (Å²) < 4.78 is 5.21. The van der Waals surface area contributed by atoms with Crippen molar-refractivity contribution in [2.24, 2.45) is 0 Å². The number of methoxy groups -OCH3 is 1. The van der Waals surface area contributed by atoms with Gasteiger partial charge in [0.15, 0.2) is 0 Å². The standard InChI is InChI=1S/C23H30N2O3/c1-24-13-11-21(12-14-24)25(16-19-3-5-20(17-26)6-4-19)23(27)15-18-7-9-22(28-2)10-8-18/h3-10,21,26H,11-17H2,1-2H3. The van der Waals surface area contributed by atoms with Crippen LogP contribution in [0, 0.1) is 0 Å². The molecule has 28 heavy (non-hydrogen) atoms. The summed E-state index contributed by atoms with van der Waals surface area (Å²) in [6.07, 6.45) is 2.39. The molecule has 0 radical (unpaired) electrons. The molecule has 1 fully saturated rings. The molecule has 5 heteroatoms. The lowest BCUT2D eigenvalue weighted by Gasteiger charge is -2.37. The Morgan fingerprint density at radius 2 is 1.61 bits per heavy atom. The maximum Gasteiger partial charge on any atom is 0.227 e. The second-order valence-electron chi connectivity index (χ2n) is 7.56. The third kappa shape index (κ3) is 5.33. The molecule has 1 aliphatic heterocycles. The van der Waals surface area contributed by atoms with Crippen molar-refractivity contribution in [3.05, 3.63) is 65.2 Å². The Hall–Kier alpha value is -2.37. The summed E-state index contributed by atoms with van der Waals surface area (Å²) in [6, 6.07) is 15.8. The van der Waals surface area contributed by atoms with Crippen molar-refractivity contribution >= 4 is 5.91 Å². The minimum Gasteiger partial charge on any atom is -0.497 e. The predicted molar refractivity (Wildman–Crippen MR) is 110 cm³/mol. The summed E-state index contributed by atoms with van der Waals surface area (Å²) in [5, 5.41) is 9.25. The summed E-state index contributed by atoms with van der Waals surface area (Å²) >= 11 is 0. The zero-order chi connectivity index (χ0) is 19.9. The van der Waals surface area contributed by atoms with E-state index in [9.17, 15) is 9.90 Å². The first kappa shape index (κ1) is 20.4. The Morgan fingerprint density at radius 1 is 1.04 bits per heavy atom. The summed E-state index contributed by atoms with van der Waals surface area (Å²) in [6.45, 7) is 2.67. The fourth-order valence-electron chi connectivity index (χ4n) is 3.69. The van der Waals surface area contributed by atoms with Crippen LogP contribution in [0.5, 0.6) is 5.75 Å². The van der Waals surface area contributed by atoms with E-state index in [-0.39, 0.29) is 18.6 Å². The summed E-state index contributed by atoms with van der Waals surface area (Å²) in [5.74, 6) is 0.957. The van der Waals surface area contributed by atoms with Gasteiger partial charge in [-0.1, -0.05) is 36.4 Å². The molecule has 1 amide bonds. The highest BCUT2D eigenvalue weighted by Crippen LogP contribution is 2.21. The number of amides is 1. The van der Waals surface area contributed by atoms with Gasteiger partial charge in [0.2, 0.25) is 5.91 Å². The molecular weight excluding hydrogens is 352 g/mol. The molecule has 150 valence electrons. The van der Waals surface area contributed by atoms with Crippen LogP contribution in [0.3, 0.4) is 0 Å². The van der Waals surface area contributed by atoms with E-state index in [0.29, 0.717) is 13.0 Å². The maximum atomic E-state index is 13.2. The lowest BCUT2D eigenvalue weighted by molar-refractivity contribution is -0.134. The van der Waals surface area contributed by atoms with Gasteiger partial charge < -0.3 is 19.6 Å². The molecule has 5 nitrogen and oxygen atoms in total. The summed E-state index contributed by atoms with van der Waals surface area (Å²) in [7, 11) is 3.78. The molecule has 2 aromatic rings. The van der Waals surface area contributed by atoms with E-state index in [0.717, 1.165) is 48.4 Å². The first-order chi connectivity index (χ1) is 13.6. The topological polar surface area (TPSA) is 53.0 Å². The van der Waals surface area contributed by atoms with E-state index < -0.39 is 0 Å². The third-order valence-electron chi connectivity index (χ3n) is 5.52. The molecule has 0 unspecified atom stereocenters. The zero-order valence-electron chi connectivity index (χ0n) is 16.8. The minimum atomic E-state index is 0.0371. The van der Waals surface area contributed by atoms with E-state index in [1.165, 1.54) is 0 Å². The van der Waals surface area contributed by atoms with Crippen LogP contribution in [0.25, 0.3) is 0 Å². The molecule has 3 rings (SSSR count). The number of aliphatic hydroxyl groups excluding tert-OH is 1. The third-order valence-corrected chi connectivity index (χ3v) is 5.52. The van der Waals surface area contributed by atoms with Crippen molar-refractivity contribution in [1.29, 1.82) is 0 Å². The first-order valence-electron chi connectivity index (χ1n) is 9.88. The molecule has 0 spiro atoms. The normalized spacial score (nSPS) is 15.4. The molecule has 1 heterocycles. The second kappa shape index (κ2) is 9.71. The monoisotopic (exact) mass is 382 g/mol. The van der Waals surface area contributed by atoms with Gasteiger partial charge in [0.1, 0.15) is 5.75 Å². The highest BCUT2D eigenvalue weighted by Gasteiger charge is 2.27. The second-order valence-corrected chi connectivity index (χ2v) is 7.56. The van der Waals surface area contributed by atoms with Crippen molar-refractivity contribution in [3.8, 4) is 5.75 Å². The van der Waals surface area contributed by atoms with Gasteiger partial charge >= 0.3 is 0 Å². The number of ether oxygens (including phenoxy) is 1. The van der Waals surface area contributed by atoms with Crippen LogP contribution < -0.4 is 4.74 Å². The number of rotatable bonds is 7. The van der Waals surface area contributed by atoms with Crippen molar-refractivity contribution in [2.75, 3.05) is 27.2 Å². The van der Waals surface area contributed by atoms with Gasteiger partial charge in [-0.15, -0.1) is 0 Å². The van der Waals surface area contributed by atoms with E-state index in [1.807, 2.05) is 53.4 Å². The van der Waals surface area contributed by atoms with Crippen LogP contribution in [0.15, 0.2) is 48.5 Å². The number of nitrogens with zero attached hydrogens (tertiary/aromatic N) is 2. The van der Waals surface area contributed by atoms with Crippen LogP contribution in [-0.4, -0.2) is 54.1 Å². The molecule has 2 aromatic carbocycles. The van der Waals surface area contributed by atoms with E-state index >= 15 is 0 Å². The fraction of sp³-hybridized carbons (Fsp3) is 0.435. The average Bonchev–Trinajstić information content (AvgIpc) is 2.73. The summed E-state index contributed by atoms with van der Waals surface area (Å²) in [4.78, 5) is 17.6. The maximum absolute atomic E-state index is 13.2. The lowest BCUT2D eigenvalue weighted by Crippen LogP contribution is -2.46. The Bertz CT molecular complexity index is 750. The Morgan fingerprint density at radius 3 is 2.18 bits per heavy atom. The first-order valence-corrected chi connectivity index (χ1v) is 9.88. The smallest absolute Gasteiger partial charge is 0.227 e. The number of piperidine rings is 1. The number of hydrogen-bond acceptors (Lipinski definition) is 4. The van der Waals surface area contributed by atoms with Crippen molar-refractivity contribution in [3.63, 3.8) is 0 Å². The number of likely N-dealkylation sites (tertiary alicyclic amines) is 1. The van der Waals surface area contributed by atoms with Gasteiger partial charge in [0, 0.05) is 12.6 Å². The quantitative estimate of drug-likeness (QED) is 0.800. The van der Waals surface area contributed by atoms with Gasteiger partial charge in [-0.25, -0.2) is 0 Å². The molecule has 0 bridgehead atoms. The Kier molecular flexibility index (Phi) is 7.06. The predicted octanol–water partition coefficient (Wildman–Crippen LogP) is 2.85. The molecule has 0 aromatic heterocycles. The molecule has 0 aliphatic carbocycles. The molecule has 1 aliphatic rings. The van der Waals surface area contributed by atoms with Gasteiger partial charge in [0.25, 0.3) is 0 Å². The molecule has 1 N–H and O–H groups in total. The number of aliphatic hydroxyl groups is 1. The van der Waals surface area contributed by atoms with Gasteiger partial charge in [-0.2, -0.15) is 0 Å². The summed E-state index contributed by atoms with van der Waals surface area (Å²) in [5.41, 5.74) is 2.98. The Labute approximate surface area is 167 Å². The Balaban J connectivity index is 1.74. The van der Waals surface area contributed by atoms with E-state index in [2.05, 4.69) is 11.9 Å². The van der Waals surface area contributed by atoms with Crippen LogP contribution in [-0.2, 0) is 24.4 Å². The van der Waals surface area contributed by atoms with Crippen molar-refractivity contribution < 1.29 is 14.6 Å². The number of hydrogen-bond donors (Lipinski definition) is 1. The van der Waals surface area contributed by atoms with Crippen LogP contribution >= 0.6 is 0 Å². The molecule has 1 saturated heterocycles. The number of carbonyl (C=O) groups is 1. The van der Waals surface area contributed by atoms with Crippen LogP contribution in [0.1, 0.15) is 29.5 Å². The van der Waals surface area contributed by atoms with Gasteiger partial charge in [-0.3, -0.25) is 4.79 Å². The largest absolute Gasteiger partial charge is 0.497 e. The van der Waals surface area contributed by atoms with Gasteiger partial charge in [0.05, 0.1) is 20.1 Å². The SMILES string of the molecule is COc1ccc(CC(=O)N(Cc2ccc(CO)cc2)C2CCN(C)CC2)cc1. The number of carbonyl (C=O) groups excluding carboxylic acids is 1. The highest BCUT2D eigenvalue weighted by atomic mass is 16.5. The van der Waals surface area contributed by atoms with Crippen LogP contribution in [0.4, 0.5) is 0 Å². The van der Waals surface area contributed by atoms with Gasteiger partial charge in [-0.05, 0) is 61.8 Å². The number of benzene rings is 2. The van der Waals surface area contributed by atoms with E-state index in [1.54, 1.807) is 7.11 Å². The molecule has 0 atom stereocenters. The lowest BCUT2D eigenvalue weighted by atomic mass is 10.0. The highest BCUT2D eigenvalue weighted by molar-refractivity contribution is 5.79. The van der Waals surface area contributed by atoms with Crippen LogP contribution in [0.2, 0.25) is 0 Å². The van der Waals surface area contributed by atoms with Crippen molar-refractivity contribution in [1.82, 2.24) is 9.80 Å². The average molecular weight is 383 g/mol. The fourth-order valence-corrected chi connectivity index (χ4v) is 3.69. The molecular formula is C23H30N2O3. The zero-order valence-corrected chi connectivity index (χ0v) is 16.8. The van der Waals surface area contributed by atoms with Crippen molar-refractivity contribution in [2.45, 2.75) is 38.5 Å². The minimum absolute atomic E-state index is 0.0371. The van der Waals surface area contributed by atoms with E-state index in [4.69, 9.17) is 4.74 Å². The molecule has 0 saturated carbocycles.